The van der Waals surface area contributed by atoms with Crippen molar-refractivity contribution in [3.05, 3.63) is 65.7 Å². The summed E-state index contributed by atoms with van der Waals surface area (Å²) in [4.78, 5) is 21.5. The molecule has 0 radical (unpaired) electrons. The second-order valence-electron chi connectivity index (χ2n) is 6.70. The monoisotopic (exact) mass is 390 g/mol. The molecule has 0 atom stereocenters. The molecule has 5 rings (SSSR count). The number of hydrogen-bond donors (Lipinski definition) is 0. The van der Waals surface area contributed by atoms with Crippen molar-refractivity contribution in [1.82, 2.24) is 15.0 Å². The summed E-state index contributed by atoms with van der Waals surface area (Å²) in [5, 5.41) is 7.99. The first-order valence-electron chi connectivity index (χ1n) is 9.18. The number of benzene rings is 2. The number of rotatable bonds is 3. The highest BCUT2D eigenvalue weighted by molar-refractivity contribution is 7.13. The molecule has 0 spiro atoms. The third kappa shape index (κ3) is 3.03. The van der Waals surface area contributed by atoms with Crippen molar-refractivity contribution in [2.75, 3.05) is 31.1 Å². The Morgan fingerprint density at radius 2 is 1.86 bits per heavy atom. The summed E-state index contributed by atoms with van der Waals surface area (Å²) in [6, 6.07) is 15.4. The molecule has 6 nitrogen and oxygen atoms in total. The van der Waals surface area contributed by atoms with E-state index in [4.69, 9.17) is 4.52 Å². The van der Waals surface area contributed by atoms with Gasteiger partial charge in [-0.2, -0.15) is 0 Å². The average Bonchev–Trinajstić information content (AvgIpc) is 3.44. The summed E-state index contributed by atoms with van der Waals surface area (Å²) in [5.74, 6) is 0.736. The van der Waals surface area contributed by atoms with Crippen molar-refractivity contribution in [2.45, 2.75) is 0 Å². The van der Waals surface area contributed by atoms with E-state index in [0.717, 1.165) is 34.7 Å². The Labute approximate surface area is 166 Å². The van der Waals surface area contributed by atoms with Gasteiger partial charge in [0.1, 0.15) is 5.52 Å². The minimum absolute atomic E-state index is 0.0425. The standard InChI is InChI=1S/C21H18N4O2S/c26-20(24-9-11-25(12-10-24)21-22-8-13-28-21)16-6-7-18-17(14-16)19(27-23-18)15-4-2-1-3-5-15/h1-8,13-14H,9-12H2. The van der Waals surface area contributed by atoms with Crippen LogP contribution in [0.2, 0.25) is 0 Å². The SMILES string of the molecule is O=C(c1ccc2noc(-c3ccccc3)c2c1)N1CCN(c2nccs2)CC1. The molecule has 28 heavy (non-hydrogen) atoms. The van der Waals surface area contributed by atoms with E-state index in [2.05, 4.69) is 15.0 Å². The van der Waals surface area contributed by atoms with Crippen LogP contribution in [-0.4, -0.2) is 47.1 Å². The first-order valence-corrected chi connectivity index (χ1v) is 10.1. The maximum absolute atomic E-state index is 13.0. The van der Waals surface area contributed by atoms with Gasteiger partial charge in [-0.15, -0.1) is 11.3 Å². The van der Waals surface area contributed by atoms with Crippen LogP contribution in [0.3, 0.4) is 0 Å². The van der Waals surface area contributed by atoms with E-state index in [1.54, 1.807) is 11.3 Å². The van der Waals surface area contributed by atoms with Crippen LogP contribution in [0.4, 0.5) is 5.13 Å². The van der Waals surface area contributed by atoms with E-state index >= 15 is 0 Å². The lowest BCUT2D eigenvalue weighted by molar-refractivity contribution is 0.0747. The Balaban J connectivity index is 1.38. The van der Waals surface area contributed by atoms with E-state index in [-0.39, 0.29) is 5.91 Å². The van der Waals surface area contributed by atoms with Gasteiger partial charge in [-0.25, -0.2) is 4.98 Å². The summed E-state index contributed by atoms with van der Waals surface area (Å²) in [5.41, 5.74) is 2.37. The van der Waals surface area contributed by atoms with Crippen LogP contribution in [0.15, 0.2) is 64.6 Å². The van der Waals surface area contributed by atoms with Crippen molar-refractivity contribution in [1.29, 1.82) is 0 Å². The number of aromatic nitrogens is 2. The Morgan fingerprint density at radius 1 is 1.04 bits per heavy atom. The Morgan fingerprint density at radius 3 is 2.61 bits per heavy atom. The average molecular weight is 390 g/mol. The fourth-order valence-corrected chi connectivity index (χ4v) is 4.22. The minimum atomic E-state index is 0.0425. The lowest BCUT2D eigenvalue weighted by atomic mass is 10.1. The molecule has 0 N–H and O–H groups in total. The number of carbonyl (C=O) groups is 1. The number of hydrogen-bond acceptors (Lipinski definition) is 6. The number of thiazole rings is 1. The zero-order valence-corrected chi connectivity index (χ0v) is 15.9. The summed E-state index contributed by atoms with van der Waals surface area (Å²) >= 11 is 1.63. The van der Waals surface area contributed by atoms with Crippen LogP contribution >= 0.6 is 11.3 Å². The lowest BCUT2D eigenvalue weighted by Crippen LogP contribution is -2.48. The molecule has 2 aromatic heterocycles. The minimum Gasteiger partial charge on any atom is -0.355 e. The summed E-state index contributed by atoms with van der Waals surface area (Å²) in [6.45, 7) is 2.96. The number of anilines is 1. The Kier molecular flexibility index (Phi) is 4.29. The van der Waals surface area contributed by atoms with E-state index in [9.17, 15) is 4.79 Å². The van der Waals surface area contributed by atoms with Crippen LogP contribution in [0.25, 0.3) is 22.2 Å². The third-order valence-electron chi connectivity index (χ3n) is 5.02. The van der Waals surface area contributed by atoms with Gasteiger partial charge in [0.25, 0.3) is 5.91 Å². The Hall–Kier alpha value is -3.19. The van der Waals surface area contributed by atoms with Gasteiger partial charge in [-0.3, -0.25) is 4.79 Å². The maximum Gasteiger partial charge on any atom is 0.254 e. The van der Waals surface area contributed by atoms with Crippen molar-refractivity contribution in [3.8, 4) is 11.3 Å². The van der Waals surface area contributed by atoms with Gasteiger partial charge in [0, 0.05) is 48.9 Å². The topological polar surface area (TPSA) is 62.5 Å². The highest BCUT2D eigenvalue weighted by Crippen LogP contribution is 2.29. The molecule has 1 amide bonds. The molecule has 1 aliphatic rings. The van der Waals surface area contributed by atoms with Crippen molar-refractivity contribution >= 4 is 33.3 Å². The van der Waals surface area contributed by atoms with Gasteiger partial charge in [0.15, 0.2) is 10.9 Å². The highest BCUT2D eigenvalue weighted by Gasteiger charge is 2.24. The van der Waals surface area contributed by atoms with E-state index in [0.29, 0.717) is 24.4 Å². The first-order chi connectivity index (χ1) is 13.8. The number of piperazine rings is 1. The molecule has 7 heteroatoms. The van der Waals surface area contributed by atoms with Gasteiger partial charge in [-0.05, 0) is 18.2 Å². The van der Waals surface area contributed by atoms with Crippen molar-refractivity contribution < 1.29 is 9.32 Å². The van der Waals surface area contributed by atoms with E-state index in [1.165, 1.54) is 0 Å². The first kappa shape index (κ1) is 16.9. The van der Waals surface area contributed by atoms with Crippen LogP contribution in [0.5, 0.6) is 0 Å². The largest absolute Gasteiger partial charge is 0.355 e. The number of amides is 1. The predicted octanol–water partition coefficient (Wildman–Crippen LogP) is 3.91. The molecule has 3 heterocycles. The van der Waals surface area contributed by atoms with Crippen LogP contribution in [0.1, 0.15) is 10.4 Å². The number of carbonyl (C=O) groups excluding carboxylic acids is 1. The van der Waals surface area contributed by atoms with Crippen LogP contribution < -0.4 is 4.90 Å². The molecule has 4 aromatic rings. The van der Waals surface area contributed by atoms with Gasteiger partial charge < -0.3 is 14.3 Å². The molecule has 0 bridgehead atoms. The molecule has 0 aliphatic carbocycles. The summed E-state index contributed by atoms with van der Waals surface area (Å²) in [6.07, 6.45) is 1.82. The second kappa shape index (κ2) is 7.09. The molecule has 0 unspecified atom stereocenters. The third-order valence-corrected chi connectivity index (χ3v) is 5.85. The van der Waals surface area contributed by atoms with E-state index < -0.39 is 0 Å². The van der Waals surface area contributed by atoms with Crippen LogP contribution in [-0.2, 0) is 0 Å². The normalized spacial score (nSPS) is 14.6. The summed E-state index contributed by atoms with van der Waals surface area (Å²) < 4.78 is 5.55. The predicted molar refractivity (Wildman–Crippen MR) is 110 cm³/mol. The molecule has 1 fully saturated rings. The fourth-order valence-electron chi connectivity index (χ4n) is 3.53. The molecular formula is C21H18N4O2S. The quantitative estimate of drug-likeness (QED) is 0.531. The van der Waals surface area contributed by atoms with Crippen LogP contribution in [0, 0.1) is 0 Å². The number of fused-ring (bicyclic) bond motifs is 1. The van der Waals surface area contributed by atoms with Gasteiger partial charge in [0.2, 0.25) is 0 Å². The molecule has 1 aliphatic heterocycles. The number of nitrogens with zero attached hydrogens (tertiary/aromatic N) is 4. The van der Waals surface area contributed by atoms with Crippen molar-refractivity contribution in [2.24, 2.45) is 0 Å². The zero-order valence-electron chi connectivity index (χ0n) is 15.1. The molecule has 2 aromatic carbocycles. The highest BCUT2D eigenvalue weighted by atomic mass is 32.1. The van der Waals surface area contributed by atoms with Crippen molar-refractivity contribution in [3.63, 3.8) is 0 Å². The molecule has 1 saturated heterocycles. The molecule has 0 saturated carbocycles. The maximum atomic E-state index is 13.0. The van der Waals surface area contributed by atoms with Gasteiger partial charge >= 0.3 is 0 Å². The van der Waals surface area contributed by atoms with Gasteiger partial charge in [-0.1, -0.05) is 35.5 Å². The smallest absolute Gasteiger partial charge is 0.254 e. The fraction of sp³-hybridized carbons (Fsp3) is 0.190. The molecular weight excluding hydrogens is 372 g/mol. The van der Waals surface area contributed by atoms with E-state index in [1.807, 2.05) is 65.0 Å². The second-order valence-corrected chi connectivity index (χ2v) is 7.58. The summed E-state index contributed by atoms with van der Waals surface area (Å²) in [7, 11) is 0. The zero-order chi connectivity index (χ0) is 18.9. The Bertz CT molecular complexity index is 1100. The molecule has 140 valence electrons. The van der Waals surface area contributed by atoms with Gasteiger partial charge in [0.05, 0.1) is 5.39 Å². The lowest BCUT2D eigenvalue weighted by Gasteiger charge is -2.34.